The van der Waals surface area contributed by atoms with Crippen molar-refractivity contribution < 1.29 is 15.3 Å². The van der Waals surface area contributed by atoms with Crippen LogP contribution in [0.25, 0.3) is 0 Å². The average molecular weight is 379 g/mol. The first kappa shape index (κ1) is 23.7. The van der Waals surface area contributed by atoms with E-state index in [-0.39, 0.29) is 17.2 Å². The zero-order chi connectivity index (χ0) is 20.7. The third-order valence-electron chi connectivity index (χ3n) is 5.16. The van der Waals surface area contributed by atoms with Crippen LogP contribution in [0.3, 0.4) is 0 Å². The van der Waals surface area contributed by atoms with Gasteiger partial charge < -0.3 is 15.3 Å². The van der Waals surface area contributed by atoms with Gasteiger partial charge in [0.1, 0.15) is 5.75 Å². The molecule has 156 valence electrons. The summed E-state index contributed by atoms with van der Waals surface area (Å²) in [4.78, 5) is 0. The number of phenolic OH excluding ortho intramolecular Hbond substituents is 3. The molecule has 0 aromatic heterocycles. The van der Waals surface area contributed by atoms with E-state index in [0.717, 1.165) is 44.1 Å². The van der Waals surface area contributed by atoms with Gasteiger partial charge in [0.25, 0.3) is 0 Å². The Morgan fingerprint density at radius 2 is 1.11 bits per heavy atom. The van der Waals surface area contributed by atoms with Crippen LogP contribution in [0.15, 0.2) is 6.07 Å². The van der Waals surface area contributed by atoms with E-state index in [1.165, 1.54) is 25.3 Å². The number of aryl methyl sites for hydroxylation is 1. The second kappa shape index (κ2) is 10.2. The third kappa shape index (κ3) is 9.39. The highest BCUT2D eigenvalue weighted by atomic mass is 16.3. The Bertz CT molecular complexity index is 577. The summed E-state index contributed by atoms with van der Waals surface area (Å²) < 4.78 is 0. The number of phenols is 3. The molecule has 0 amide bonds. The molecule has 0 radical (unpaired) electrons. The maximum absolute atomic E-state index is 10.6. The first-order valence-electron chi connectivity index (χ1n) is 10.7. The molecule has 0 aliphatic heterocycles. The van der Waals surface area contributed by atoms with E-state index >= 15 is 0 Å². The summed E-state index contributed by atoms with van der Waals surface area (Å²) in [5, 5.41) is 30.8. The first-order chi connectivity index (χ1) is 12.4. The highest BCUT2D eigenvalue weighted by molar-refractivity contribution is 5.56. The molecule has 0 heterocycles. The Hall–Kier alpha value is -1.38. The van der Waals surface area contributed by atoms with Crippen molar-refractivity contribution >= 4 is 0 Å². The van der Waals surface area contributed by atoms with Crippen molar-refractivity contribution in [3.05, 3.63) is 17.2 Å². The Morgan fingerprint density at radius 3 is 1.67 bits per heavy atom. The van der Waals surface area contributed by atoms with Crippen LogP contribution in [0.5, 0.6) is 17.2 Å². The van der Waals surface area contributed by atoms with Gasteiger partial charge in [-0.1, -0.05) is 67.2 Å². The molecule has 0 saturated heterocycles. The van der Waals surface area contributed by atoms with E-state index < -0.39 is 0 Å². The Morgan fingerprint density at radius 1 is 0.630 bits per heavy atom. The summed E-state index contributed by atoms with van der Waals surface area (Å²) in [6, 6.07) is 1.53. The number of hydrogen-bond donors (Lipinski definition) is 3. The summed E-state index contributed by atoms with van der Waals surface area (Å²) >= 11 is 0. The van der Waals surface area contributed by atoms with E-state index in [4.69, 9.17) is 0 Å². The lowest BCUT2D eigenvalue weighted by Crippen LogP contribution is -2.04. The lowest BCUT2D eigenvalue weighted by molar-refractivity contribution is 0.356. The van der Waals surface area contributed by atoms with Crippen molar-refractivity contribution in [2.75, 3.05) is 0 Å². The number of rotatable bonds is 10. The molecule has 0 aliphatic carbocycles. The van der Waals surface area contributed by atoms with Gasteiger partial charge in [-0.15, -0.1) is 0 Å². The minimum absolute atomic E-state index is 0.110. The molecule has 1 aromatic rings. The van der Waals surface area contributed by atoms with Crippen molar-refractivity contribution in [1.82, 2.24) is 0 Å². The van der Waals surface area contributed by atoms with Crippen molar-refractivity contribution in [3.63, 3.8) is 0 Å². The summed E-state index contributed by atoms with van der Waals surface area (Å²) in [5.41, 5.74) is 1.95. The van der Waals surface area contributed by atoms with Gasteiger partial charge in [0, 0.05) is 5.56 Å². The molecule has 0 aliphatic rings. The number of aromatic hydroxyl groups is 3. The molecule has 0 saturated carbocycles. The molecule has 0 bridgehead atoms. The maximum Gasteiger partial charge on any atom is 0.164 e. The van der Waals surface area contributed by atoms with Gasteiger partial charge in [-0.25, -0.2) is 0 Å². The van der Waals surface area contributed by atoms with E-state index in [0.29, 0.717) is 22.8 Å². The van der Waals surface area contributed by atoms with Crippen LogP contribution in [0.4, 0.5) is 0 Å². The first-order valence-corrected chi connectivity index (χ1v) is 10.7. The fourth-order valence-corrected chi connectivity index (χ4v) is 3.47. The average Bonchev–Trinajstić information content (AvgIpc) is 2.52. The zero-order valence-electron chi connectivity index (χ0n) is 18.5. The Kier molecular flexibility index (Phi) is 8.98. The second-order valence-corrected chi connectivity index (χ2v) is 10.5. The fourth-order valence-electron chi connectivity index (χ4n) is 3.47. The van der Waals surface area contributed by atoms with Crippen molar-refractivity contribution in [3.8, 4) is 17.2 Å². The minimum Gasteiger partial charge on any atom is -0.507 e. The van der Waals surface area contributed by atoms with Crippen LogP contribution in [-0.2, 0) is 12.8 Å². The molecule has 0 fully saturated rings. The van der Waals surface area contributed by atoms with E-state index in [2.05, 4.69) is 41.5 Å². The quantitative estimate of drug-likeness (QED) is 0.231. The molecule has 3 N–H and O–H groups in total. The molecular formula is C24H42O3. The number of hydrogen-bond acceptors (Lipinski definition) is 3. The molecule has 3 nitrogen and oxygen atoms in total. The number of unbranched alkanes of at least 4 members (excludes halogenated alkanes) is 4. The molecule has 0 unspecified atom stereocenters. The van der Waals surface area contributed by atoms with E-state index in [1.807, 2.05) is 0 Å². The monoisotopic (exact) mass is 378 g/mol. The van der Waals surface area contributed by atoms with E-state index in [9.17, 15) is 15.3 Å². The largest absolute Gasteiger partial charge is 0.507 e. The van der Waals surface area contributed by atoms with Gasteiger partial charge in [0.2, 0.25) is 0 Å². The number of benzene rings is 1. The Labute approximate surface area is 166 Å². The van der Waals surface area contributed by atoms with Crippen LogP contribution < -0.4 is 0 Å². The molecule has 0 atom stereocenters. The minimum atomic E-state index is -0.155. The zero-order valence-corrected chi connectivity index (χ0v) is 18.5. The molecule has 1 rings (SSSR count). The van der Waals surface area contributed by atoms with E-state index in [1.54, 1.807) is 0 Å². The van der Waals surface area contributed by atoms with Crippen molar-refractivity contribution in [2.45, 2.75) is 106 Å². The highest BCUT2D eigenvalue weighted by Gasteiger charge is 2.17. The lowest BCUT2D eigenvalue weighted by atomic mass is 9.88. The summed E-state index contributed by atoms with van der Waals surface area (Å²) in [5.74, 6) is -0.0886. The third-order valence-corrected chi connectivity index (χ3v) is 5.16. The van der Waals surface area contributed by atoms with Gasteiger partial charge in [0.15, 0.2) is 11.5 Å². The fraction of sp³-hybridized carbons (Fsp3) is 0.750. The normalized spacial score (nSPS) is 12.5. The molecule has 0 spiro atoms. The Balaban J connectivity index is 2.57. The predicted octanol–water partition coefficient (Wildman–Crippen LogP) is 7.10. The topological polar surface area (TPSA) is 60.7 Å². The SMILES string of the molecule is CC(C)(C)CCCCCCc1cc(O)c(O)c(CCCCC(C)(C)C)c1O. The van der Waals surface area contributed by atoms with Crippen LogP contribution in [-0.4, -0.2) is 15.3 Å². The maximum atomic E-state index is 10.6. The molecule has 27 heavy (non-hydrogen) atoms. The van der Waals surface area contributed by atoms with Crippen LogP contribution in [0.2, 0.25) is 0 Å². The van der Waals surface area contributed by atoms with Crippen LogP contribution in [0.1, 0.15) is 104 Å². The van der Waals surface area contributed by atoms with Crippen molar-refractivity contribution in [1.29, 1.82) is 0 Å². The van der Waals surface area contributed by atoms with Crippen LogP contribution in [0, 0.1) is 10.8 Å². The lowest BCUT2D eigenvalue weighted by Gasteiger charge is -2.18. The standard InChI is InChI=1S/C24H42O3/c1-23(2,3)15-11-8-7-9-13-18-17-20(25)22(27)19(21(18)26)14-10-12-16-24(4,5)6/h17,25-27H,7-16H2,1-6H3. The summed E-state index contributed by atoms with van der Waals surface area (Å²) in [7, 11) is 0. The predicted molar refractivity (Wildman–Crippen MR) is 115 cm³/mol. The van der Waals surface area contributed by atoms with Gasteiger partial charge in [-0.05, 0) is 61.0 Å². The van der Waals surface area contributed by atoms with Gasteiger partial charge in [0.05, 0.1) is 0 Å². The van der Waals surface area contributed by atoms with Gasteiger partial charge in [-0.3, -0.25) is 0 Å². The second-order valence-electron chi connectivity index (χ2n) is 10.5. The summed E-state index contributed by atoms with van der Waals surface area (Å²) in [6.07, 6.45) is 10.2. The van der Waals surface area contributed by atoms with Crippen LogP contribution >= 0.6 is 0 Å². The molecule has 3 heteroatoms. The van der Waals surface area contributed by atoms with Gasteiger partial charge in [-0.2, -0.15) is 0 Å². The summed E-state index contributed by atoms with van der Waals surface area (Å²) in [6.45, 7) is 13.5. The smallest absolute Gasteiger partial charge is 0.164 e. The highest BCUT2D eigenvalue weighted by Crippen LogP contribution is 2.40. The van der Waals surface area contributed by atoms with Crippen molar-refractivity contribution in [2.24, 2.45) is 10.8 Å². The molecule has 1 aromatic carbocycles. The van der Waals surface area contributed by atoms with Gasteiger partial charge >= 0.3 is 0 Å². The molecular weight excluding hydrogens is 336 g/mol.